The zero-order chi connectivity index (χ0) is 7.98. The number of aldehydes is 2. The van der Waals surface area contributed by atoms with Gasteiger partial charge in [-0.05, 0) is 13.8 Å². The molecule has 0 N–H and O–H groups in total. The minimum absolute atomic E-state index is 0.444. The highest BCUT2D eigenvalue weighted by Gasteiger charge is 1.94. The van der Waals surface area contributed by atoms with Crippen LogP contribution in [0.25, 0.3) is 0 Å². The van der Waals surface area contributed by atoms with Crippen LogP contribution in [0.4, 0.5) is 0 Å². The Bertz CT molecular complexity index is 139. The lowest BCUT2D eigenvalue weighted by molar-refractivity contribution is -0.108. The van der Waals surface area contributed by atoms with E-state index in [0.717, 1.165) is 23.7 Å². The summed E-state index contributed by atoms with van der Waals surface area (Å²) in [6.07, 6.45) is 2.59. The molecule has 0 aliphatic carbocycles. The number of carbonyl (C=O) groups is 2. The summed E-state index contributed by atoms with van der Waals surface area (Å²) in [5.74, 6) is 0. The molecule has 0 heterocycles. The van der Waals surface area contributed by atoms with Crippen LogP contribution in [0.3, 0.4) is 0 Å². The Morgan fingerprint density at radius 2 is 1.30 bits per heavy atom. The van der Waals surface area contributed by atoms with E-state index >= 15 is 0 Å². The van der Waals surface area contributed by atoms with Crippen molar-refractivity contribution >= 4 is 12.6 Å². The highest BCUT2D eigenvalue weighted by atomic mass is 16.1. The van der Waals surface area contributed by atoms with E-state index in [1.807, 2.05) is 13.8 Å². The maximum atomic E-state index is 10.0. The number of rotatable bonds is 4. The van der Waals surface area contributed by atoms with Gasteiger partial charge in [0.15, 0.2) is 0 Å². The van der Waals surface area contributed by atoms with Gasteiger partial charge in [0.25, 0.3) is 0 Å². The molecule has 0 amide bonds. The van der Waals surface area contributed by atoms with E-state index in [9.17, 15) is 9.59 Å². The van der Waals surface area contributed by atoms with Gasteiger partial charge in [-0.25, -0.2) is 0 Å². The molecule has 56 valence electrons. The van der Waals surface area contributed by atoms with Gasteiger partial charge in [-0.3, -0.25) is 0 Å². The molecule has 0 aromatic carbocycles. The number of carbonyl (C=O) groups excluding carboxylic acids is 2. The maximum Gasteiger partial charge on any atom is 0.124 e. The van der Waals surface area contributed by atoms with Gasteiger partial charge < -0.3 is 9.59 Å². The molecular weight excluding hydrogens is 128 g/mol. The van der Waals surface area contributed by atoms with Gasteiger partial charge in [0.1, 0.15) is 12.6 Å². The summed E-state index contributed by atoms with van der Waals surface area (Å²) < 4.78 is 0. The maximum absolute atomic E-state index is 10.0. The zero-order valence-corrected chi connectivity index (χ0v) is 6.39. The Hall–Kier alpha value is -0.920. The largest absolute Gasteiger partial charge is 0.303 e. The molecule has 0 aromatic heterocycles. The van der Waals surface area contributed by atoms with E-state index in [1.54, 1.807) is 0 Å². The molecule has 0 rings (SSSR count). The van der Waals surface area contributed by atoms with Crippen molar-refractivity contribution in [2.45, 2.75) is 26.7 Å². The average Bonchev–Trinajstić information content (AvgIpc) is 1.89. The van der Waals surface area contributed by atoms with Crippen LogP contribution in [0.5, 0.6) is 0 Å². The highest BCUT2D eigenvalue weighted by molar-refractivity contribution is 5.58. The first-order valence-electron chi connectivity index (χ1n) is 3.25. The summed E-state index contributed by atoms with van der Waals surface area (Å²) in [7, 11) is 0. The summed E-state index contributed by atoms with van der Waals surface area (Å²) in [4.78, 5) is 20.0. The predicted octanol–water partition coefficient (Wildman–Crippen LogP) is 1.50. The average molecular weight is 140 g/mol. The van der Waals surface area contributed by atoms with Crippen molar-refractivity contribution in [1.82, 2.24) is 0 Å². The van der Waals surface area contributed by atoms with Crippen LogP contribution >= 0.6 is 0 Å². The van der Waals surface area contributed by atoms with Gasteiger partial charge in [0.2, 0.25) is 0 Å². The number of hydrogen-bond acceptors (Lipinski definition) is 2. The summed E-state index contributed by atoms with van der Waals surface area (Å²) in [6, 6.07) is 0. The SMILES string of the molecule is C/C(CC=O)=C(\C)CC=O. The minimum atomic E-state index is 0.444. The van der Waals surface area contributed by atoms with E-state index in [-0.39, 0.29) is 0 Å². The summed E-state index contributed by atoms with van der Waals surface area (Å²) in [6.45, 7) is 3.74. The predicted molar refractivity (Wildman–Crippen MR) is 39.7 cm³/mol. The van der Waals surface area contributed by atoms with Crippen LogP contribution in [0.15, 0.2) is 11.1 Å². The molecular formula is C8H12O2. The third-order valence-electron chi connectivity index (χ3n) is 1.51. The Morgan fingerprint density at radius 1 is 1.00 bits per heavy atom. The second-order valence-electron chi connectivity index (χ2n) is 2.30. The van der Waals surface area contributed by atoms with Crippen molar-refractivity contribution in [2.75, 3.05) is 0 Å². The molecule has 10 heavy (non-hydrogen) atoms. The van der Waals surface area contributed by atoms with Crippen LogP contribution < -0.4 is 0 Å². The summed E-state index contributed by atoms with van der Waals surface area (Å²) in [5.41, 5.74) is 2.00. The molecule has 2 nitrogen and oxygen atoms in total. The molecule has 0 bridgehead atoms. The highest BCUT2D eigenvalue weighted by Crippen LogP contribution is 2.07. The van der Waals surface area contributed by atoms with Crippen molar-refractivity contribution in [1.29, 1.82) is 0 Å². The minimum Gasteiger partial charge on any atom is -0.303 e. The van der Waals surface area contributed by atoms with Gasteiger partial charge in [-0.2, -0.15) is 0 Å². The summed E-state index contributed by atoms with van der Waals surface area (Å²) in [5, 5.41) is 0. The second kappa shape index (κ2) is 4.91. The smallest absolute Gasteiger partial charge is 0.124 e. The van der Waals surface area contributed by atoms with Gasteiger partial charge >= 0.3 is 0 Å². The van der Waals surface area contributed by atoms with E-state index in [0.29, 0.717) is 12.8 Å². The fraction of sp³-hybridized carbons (Fsp3) is 0.500. The molecule has 0 unspecified atom stereocenters. The first-order chi connectivity index (χ1) is 4.72. The van der Waals surface area contributed by atoms with Crippen molar-refractivity contribution in [2.24, 2.45) is 0 Å². The van der Waals surface area contributed by atoms with Crippen LogP contribution in [0.2, 0.25) is 0 Å². The molecule has 2 heteroatoms. The van der Waals surface area contributed by atoms with Crippen LogP contribution in [0, 0.1) is 0 Å². The van der Waals surface area contributed by atoms with Crippen molar-refractivity contribution in [3.63, 3.8) is 0 Å². The third kappa shape index (κ3) is 3.17. The lowest BCUT2D eigenvalue weighted by atomic mass is 10.1. The van der Waals surface area contributed by atoms with Crippen LogP contribution in [-0.2, 0) is 9.59 Å². The molecule has 0 saturated carbocycles. The van der Waals surface area contributed by atoms with E-state index in [1.165, 1.54) is 0 Å². The lowest BCUT2D eigenvalue weighted by Crippen LogP contribution is -1.86. The van der Waals surface area contributed by atoms with E-state index in [4.69, 9.17) is 0 Å². The van der Waals surface area contributed by atoms with Crippen molar-refractivity contribution in [3.05, 3.63) is 11.1 Å². The van der Waals surface area contributed by atoms with Crippen LogP contribution in [0.1, 0.15) is 26.7 Å². The zero-order valence-electron chi connectivity index (χ0n) is 6.39. The molecule has 0 fully saturated rings. The molecule has 0 aliphatic heterocycles. The number of hydrogen-bond donors (Lipinski definition) is 0. The molecule has 0 aromatic rings. The van der Waals surface area contributed by atoms with Gasteiger partial charge in [0.05, 0.1) is 0 Å². The van der Waals surface area contributed by atoms with Crippen molar-refractivity contribution < 1.29 is 9.59 Å². The molecule has 0 saturated heterocycles. The van der Waals surface area contributed by atoms with Gasteiger partial charge in [-0.15, -0.1) is 0 Å². The Morgan fingerprint density at radius 3 is 1.50 bits per heavy atom. The molecule has 0 aliphatic rings. The van der Waals surface area contributed by atoms with Gasteiger partial charge in [-0.1, -0.05) is 11.1 Å². The number of allylic oxidation sites excluding steroid dienone is 2. The summed E-state index contributed by atoms with van der Waals surface area (Å²) >= 11 is 0. The second-order valence-corrected chi connectivity index (χ2v) is 2.30. The molecule has 0 radical (unpaired) electrons. The third-order valence-corrected chi connectivity index (χ3v) is 1.51. The first-order valence-corrected chi connectivity index (χ1v) is 3.25. The topological polar surface area (TPSA) is 34.1 Å². The van der Waals surface area contributed by atoms with Gasteiger partial charge in [0, 0.05) is 12.8 Å². The fourth-order valence-corrected chi connectivity index (χ4v) is 0.598. The van der Waals surface area contributed by atoms with Crippen molar-refractivity contribution in [3.8, 4) is 0 Å². The van der Waals surface area contributed by atoms with E-state index < -0.39 is 0 Å². The molecule has 0 atom stereocenters. The Kier molecular flexibility index (Phi) is 4.46. The monoisotopic (exact) mass is 140 g/mol. The Balaban J connectivity index is 4.02. The fourth-order valence-electron chi connectivity index (χ4n) is 0.598. The normalized spacial score (nSPS) is 12.2. The molecule has 0 spiro atoms. The van der Waals surface area contributed by atoms with E-state index in [2.05, 4.69) is 0 Å². The van der Waals surface area contributed by atoms with Crippen LogP contribution in [-0.4, -0.2) is 12.6 Å². The first kappa shape index (κ1) is 9.08. The standard InChI is InChI=1S/C8H12O2/c1-7(3-5-9)8(2)4-6-10/h5-6H,3-4H2,1-2H3/b8-7-. The lowest BCUT2D eigenvalue weighted by Gasteiger charge is -1.98. The quantitative estimate of drug-likeness (QED) is 0.438. The Labute approximate surface area is 60.9 Å².